The summed E-state index contributed by atoms with van der Waals surface area (Å²) in [5.41, 5.74) is 0.881. The van der Waals surface area contributed by atoms with Crippen molar-refractivity contribution in [1.82, 2.24) is 15.5 Å². The average molecular weight is 249 g/mol. The zero-order valence-corrected chi connectivity index (χ0v) is 11.3. The highest BCUT2D eigenvalue weighted by atomic mass is 16.2. The summed E-state index contributed by atoms with van der Waals surface area (Å²) in [4.78, 5) is 13.8. The van der Waals surface area contributed by atoms with Crippen LogP contribution in [0.4, 0.5) is 4.79 Å². The Bertz CT molecular complexity index is 347. The molecule has 2 amide bonds. The van der Waals surface area contributed by atoms with Gasteiger partial charge < -0.3 is 15.5 Å². The maximum atomic E-state index is 11.6. The number of allylic oxidation sites excluding steroid dienone is 3. The van der Waals surface area contributed by atoms with Gasteiger partial charge in [0.05, 0.1) is 0 Å². The minimum absolute atomic E-state index is 0.115. The first kappa shape index (κ1) is 14.5. The van der Waals surface area contributed by atoms with Crippen LogP contribution in [0.2, 0.25) is 0 Å². The SMILES string of the molecule is C=C(/C=C\C=C/C)CNC(=O)N[C@@H]1CCN(C)C1. The molecule has 1 heterocycles. The number of carbonyl (C=O) groups excluding carboxylic acids is 1. The van der Waals surface area contributed by atoms with Crippen molar-refractivity contribution in [2.45, 2.75) is 19.4 Å². The van der Waals surface area contributed by atoms with Crippen molar-refractivity contribution in [3.8, 4) is 0 Å². The molecule has 0 aromatic carbocycles. The van der Waals surface area contributed by atoms with Gasteiger partial charge in [-0.05, 0) is 32.5 Å². The molecule has 4 heteroatoms. The van der Waals surface area contributed by atoms with E-state index < -0.39 is 0 Å². The van der Waals surface area contributed by atoms with E-state index in [2.05, 4.69) is 29.2 Å². The number of amides is 2. The van der Waals surface area contributed by atoms with Crippen molar-refractivity contribution >= 4 is 6.03 Å². The molecule has 1 aliphatic heterocycles. The molecule has 0 bridgehead atoms. The van der Waals surface area contributed by atoms with Crippen LogP contribution in [0.15, 0.2) is 36.5 Å². The Kier molecular flexibility index (Phi) is 6.22. The Morgan fingerprint density at radius 3 is 2.89 bits per heavy atom. The lowest BCUT2D eigenvalue weighted by atomic mass is 10.2. The van der Waals surface area contributed by atoms with Crippen LogP contribution < -0.4 is 10.6 Å². The predicted molar refractivity (Wildman–Crippen MR) is 75.5 cm³/mol. The minimum atomic E-state index is -0.115. The third-order valence-electron chi connectivity index (χ3n) is 2.84. The largest absolute Gasteiger partial charge is 0.334 e. The molecule has 1 fully saturated rings. The van der Waals surface area contributed by atoms with E-state index in [1.165, 1.54) is 0 Å². The molecule has 0 aromatic rings. The van der Waals surface area contributed by atoms with Gasteiger partial charge in [0.15, 0.2) is 0 Å². The van der Waals surface area contributed by atoms with Gasteiger partial charge in [0.1, 0.15) is 0 Å². The van der Waals surface area contributed by atoms with E-state index in [4.69, 9.17) is 0 Å². The number of hydrogen-bond donors (Lipinski definition) is 2. The Balaban J connectivity index is 2.18. The normalized spacial score (nSPS) is 20.7. The van der Waals surface area contributed by atoms with Crippen LogP contribution in [0.5, 0.6) is 0 Å². The zero-order chi connectivity index (χ0) is 13.4. The van der Waals surface area contributed by atoms with Gasteiger partial charge in [-0.2, -0.15) is 0 Å². The van der Waals surface area contributed by atoms with Crippen molar-refractivity contribution < 1.29 is 4.79 Å². The Labute approximate surface area is 109 Å². The number of carbonyl (C=O) groups is 1. The molecule has 0 radical (unpaired) electrons. The fourth-order valence-electron chi connectivity index (χ4n) is 1.84. The number of nitrogens with one attached hydrogen (secondary N) is 2. The van der Waals surface area contributed by atoms with Gasteiger partial charge in [-0.1, -0.05) is 30.9 Å². The Hall–Kier alpha value is -1.55. The molecular formula is C14H23N3O. The lowest BCUT2D eigenvalue weighted by Gasteiger charge is -2.13. The first-order valence-corrected chi connectivity index (χ1v) is 6.32. The fourth-order valence-corrected chi connectivity index (χ4v) is 1.84. The summed E-state index contributed by atoms with van der Waals surface area (Å²) < 4.78 is 0. The second kappa shape index (κ2) is 7.71. The summed E-state index contributed by atoms with van der Waals surface area (Å²) in [6, 6.07) is 0.151. The lowest BCUT2D eigenvalue weighted by molar-refractivity contribution is 0.238. The molecule has 18 heavy (non-hydrogen) atoms. The highest BCUT2D eigenvalue weighted by Crippen LogP contribution is 2.05. The first-order valence-electron chi connectivity index (χ1n) is 6.32. The van der Waals surface area contributed by atoms with Gasteiger partial charge in [-0.15, -0.1) is 0 Å². The number of nitrogens with zero attached hydrogens (tertiary/aromatic N) is 1. The third-order valence-corrected chi connectivity index (χ3v) is 2.84. The van der Waals surface area contributed by atoms with E-state index in [-0.39, 0.29) is 12.1 Å². The number of rotatable bonds is 5. The average Bonchev–Trinajstić information content (AvgIpc) is 2.72. The van der Waals surface area contributed by atoms with Crippen LogP contribution in [-0.4, -0.2) is 43.7 Å². The summed E-state index contributed by atoms with van der Waals surface area (Å²) in [5, 5.41) is 5.77. The van der Waals surface area contributed by atoms with Crippen LogP contribution >= 0.6 is 0 Å². The molecule has 0 unspecified atom stereocenters. The van der Waals surface area contributed by atoms with Gasteiger partial charge in [-0.25, -0.2) is 4.79 Å². The van der Waals surface area contributed by atoms with Crippen LogP contribution in [0.3, 0.4) is 0 Å². The summed E-state index contributed by atoms with van der Waals surface area (Å²) in [5.74, 6) is 0. The number of likely N-dealkylation sites (N-methyl/N-ethyl adjacent to an activating group) is 1. The standard InChI is InChI=1S/C14H23N3O/c1-4-5-6-7-12(2)10-15-14(18)16-13-8-9-17(3)11-13/h4-7,13H,2,8-11H2,1,3H3,(H2,15,16,18)/b5-4-,7-6-/t13-/m1/s1. The Morgan fingerprint density at radius 1 is 1.50 bits per heavy atom. The lowest BCUT2D eigenvalue weighted by Crippen LogP contribution is -2.43. The van der Waals surface area contributed by atoms with Crippen molar-refractivity contribution in [3.63, 3.8) is 0 Å². The highest BCUT2D eigenvalue weighted by molar-refractivity contribution is 5.74. The summed E-state index contributed by atoms with van der Waals surface area (Å²) in [6.45, 7) is 8.27. The predicted octanol–water partition coefficient (Wildman–Crippen LogP) is 1.68. The van der Waals surface area contributed by atoms with Crippen LogP contribution in [0.1, 0.15) is 13.3 Å². The highest BCUT2D eigenvalue weighted by Gasteiger charge is 2.20. The first-order chi connectivity index (χ1) is 8.61. The molecule has 100 valence electrons. The maximum Gasteiger partial charge on any atom is 0.315 e. The Morgan fingerprint density at radius 2 is 2.28 bits per heavy atom. The van der Waals surface area contributed by atoms with Gasteiger partial charge in [0.25, 0.3) is 0 Å². The van der Waals surface area contributed by atoms with Gasteiger partial charge in [0, 0.05) is 19.1 Å². The van der Waals surface area contributed by atoms with Crippen LogP contribution in [-0.2, 0) is 0 Å². The second-order valence-corrected chi connectivity index (χ2v) is 4.62. The molecule has 0 spiro atoms. The quantitative estimate of drug-likeness (QED) is 0.728. The number of likely N-dealkylation sites (tertiary alicyclic amines) is 1. The van der Waals surface area contributed by atoms with Gasteiger partial charge in [-0.3, -0.25) is 0 Å². The smallest absolute Gasteiger partial charge is 0.315 e. The van der Waals surface area contributed by atoms with Gasteiger partial charge in [0.2, 0.25) is 0 Å². The molecule has 0 saturated carbocycles. The molecule has 1 atom stereocenters. The minimum Gasteiger partial charge on any atom is -0.334 e. The second-order valence-electron chi connectivity index (χ2n) is 4.62. The maximum absolute atomic E-state index is 11.6. The molecule has 1 rings (SSSR count). The van der Waals surface area contributed by atoms with Crippen molar-refractivity contribution in [2.75, 3.05) is 26.7 Å². The van der Waals surface area contributed by atoms with E-state index in [9.17, 15) is 4.79 Å². The molecule has 1 aliphatic rings. The monoisotopic (exact) mass is 249 g/mol. The van der Waals surface area contributed by atoms with Gasteiger partial charge >= 0.3 is 6.03 Å². The van der Waals surface area contributed by atoms with Crippen molar-refractivity contribution in [1.29, 1.82) is 0 Å². The molecular weight excluding hydrogens is 226 g/mol. The molecule has 4 nitrogen and oxygen atoms in total. The zero-order valence-electron chi connectivity index (χ0n) is 11.3. The topological polar surface area (TPSA) is 44.4 Å². The van der Waals surface area contributed by atoms with Crippen molar-refractivity contribution in [2.24, 2.45) is 0 Å². The fraction of sp³-hybridized carbons (Fsp3) is 0.500. The van der Waals surface area contributed by atoms with Crippen LogP contribution in [0, 0.1) is 0 Å². The van der Waals surface area contributed by atoms with E-state index >= 15 is 0 Å². The molecule has 0 aromatic heterocycles. The number of urea groups is 1. The summed E-state index contributed by atoms with van der Waals surface area (Å²) in [6.07, 6.45) is 8.70. The molecule has 1 saturated heterocycles. The van der Waals surface area contributed by atoms with E-state index in [1.807, 2.05) is 31.2 Å². The van der Waals surface area contributed by atoms with Crippen LogP contribution in [0.25, 0.3) is 0 Å². The molecule has 2 N–H and O–H groups in total. The summed E-state index contributed by atoms with van der Waals surface area (Å²) >= 11 is 0. The van der Waals surface area contributed by atoms with E-state index in [0.717, 1.165) is 25.1 Å². The van der Waals surface area contributed by atoms with E-state index in [0.29, 0.717) is 6.54 Å². The van der Waals surface area contributed by atoms with Crippen molar-refractivity contribution in [3.05, 3.63) is 36.5 Å². The third kappa shape index (κ3) is 5.68. The summed E-state index contributed by atoms with van der Waals surface area (Å²) in [7, 11) is 2.06. The number of hydrogen-bond acceptors (Lipinski definition) is 2. The molecule has 0 aliphatic carbocycles. The van der Waals surface area contributed by atoms with E-state index in [1.54, 1.807) is 0 Å².